The van der Waals surface area contributed by atoms with Crippen molar-refractivity contribution in [2.75, 3.05) is 12.4 Å². The summed E-state index contributed by atoms with van der Waals surface area (Å²) >= 11 is 3.51. The van der Waals surface area contributed by atoms with Crippen LogP contribution in [0.5, 0.6) is 0 Å². The van der Waals surface area contributed by atoms with Crippen LogP contribution in [0.4, 0.5) is 5.95 Å². The first-order valence-corrected chi connectivity index (χ1v) is 6.74. The molecule has 100 valence electrons. The van der Waals surface area contributed by atoms with Gasteiger partial charge in [-0.3, -0.25) is 4.57 Å². The predicted molar refractivity (Wildman–Crippen MR) is 79.6 cm³/mol. The summed E-state index contributed by atoms with van der Waals surface area (Å²) in [5, 5.41) is 2.95. The first kappa shape index (κ1) is 12.7. The normalized spacial score (nSPS) is 10.5. The molecule has 3 aromatic rings. The summed E-state index contributed by atoms with van der Waals surface area (Å²) in [6, 6.07) is 7.80. The van der Waals surface area contributed by atoms with Gasteiger partial charge in [0.05, 0.1) is 0 Å². The Kier molecular flexibility index (Phi) is 3.42. The zero-order valence-electron chi connectivity index (χ0n) is 10.7. The Balaban J connectivity index is 2.17. The Hall–Kier alpha value is -2.28. The zero-order chi connectivity index (χ0) is 13.9. The summed E-state index contributed by atoms with van der Waals surface area (Å²) in [5.41, 5.74) is 0.910. The number of halogens is 1. The van der Waals surface area contributed by atoms with E-state index in [1.807, 2.05) is 24.3 Å². The van der Waals surface area contributed by atoms with Crippen molar-refractivity contribution >= 4 is 21.9 Å². The van der Waals surface area contributed by atoms with Gasteiger partial charge in [0.1, 0.15) is 6.33 Å². The molecule has 1 N–H and O–H groups in total. The number of hydrogen-bond acceptors (Lipinski definition) is 5. The topological polar surface area (TPSA) is 68.5 Å². The van der Waals surface area contributed by atoms with Gasteiger partial charge in [-0.2, -0.15) is 15.0 Å². The van der Waals surface area contributed by atoms with Crippen LogP contribution in [0.3, 0.4) is 0 Å². The average molecular weight is 331 g/mol. The van der Waals surface area contributed by atoms with E-state index in [9.17, 15) is 0 Å². The monoisotopic (exact) mass is 330 g/mol. The first-order chi connectivity index (χ1) is 9.78. The Labute approximate surface area is 124 Å². The van der Waals surface area contributed by atoms with Gasteiger partial charge in [0.2, 0.25) is 11.9 Å². The molecule has 0 unspecified atom stereocenters. The summed E-state index contributed by atoms with van der Waals surface area (Å²) in [6.45, 7) is 0. The first-order valence-electron chi connectivity index (χ1n) is 5.95. The Morgan fingerprint density at radius 1 is 1.15 bits per heavy atom. The molecule has 0 bridgehead atoms. The Bertz CT molecular complexity index is 725. The molecule has 2 heterocycles. The van der Waals surface area contributed by atoms with E-state index in [0.29, 0.717) is 17.7 Å². The molecule has 0 saturated carbocycles. The van der Waals surface area contributed by atoms with Crippen LogP contribution < -0.4 is 5.32 Å². The largest absolute Gasteiger partial charge is 0.357 e. The van der Waals surface area contributed by atoms with Crippen LogP contribution in [-0.2, 0) is 0 Å². The fourth-order valence-corrected chi connectivity index (χ4v) is 2.19. The highest BCUT2D eigenvalue weighted by Gasteiger charge is 2.11. The van der Waals surface area contributed by atoms with Gasteiger partial charge in [0.25, 0.3) is 0 Å². The molecule has 0 aliphatic carbocycles. The average Bonchev–Trinajstić information content (AvgIpc) is 3.01. The second-order valence-corrected chi connectivity index (χ2v) is 4.84. The van der Waals surface area contributed by atoms with E-state index in [4.69, 9.17) is 0 Å². The lowest BCUT2D eigenvalue weighted by Gasteiger charge is -2.08. The third-order valence-corrected chi connectivity index (χ3v) is 3.39. The van der Waals surface area contributed by atoms with Crippen LogP contribution >= 0.6 is 15.9 Å². The summed E-state index contributed by atoms with van der Waals surface area (Å²) in [4.78, 5) is 17.2. The number of rotatable bonds is 3. The highest BCUT2D eigenvalue weighted by molar-refractivity contribution is 9.10. The lowest BCUT2D eigenvalue weighted by molar-refractivity contribution is 0.901. The number of nitrogens with zero attached hydrogens (tertiary/aromatic N) is 5. The van der Waals surface area contributed by atoms with E-state index in [-0.39, 0.29) is 0 Å². The molecule has 0 fully saturated rings. The summed E-state index contributed by atoms with van der Waals surface area (Å²) < 4.78 is 2.67. The van der Waals surface area contributed by atoms with Gasteiger partial charge in [0, 0.05) is 29.5 Å². The molecule has 0 atom stereocenters. The van der Waals surface area contributed by atoms with E-state index in [0.717, 1.165) is 10.0 Å². The summed E-state index contributed by atoms with van der Waals surface area (Å²) in [6.07, 6.45) is 5.12. The van der Waals surface area contributed by atoms with Gasteiger partial charge in [0.15, 0.2) is 5.82 Å². The number of aromatic nitrogens is 5. The van der Waals surface area contributed by atoms with Gasteiger partial charge < -0.3 is 5.32 Å². The fraction of sp³-hybridized carbons (Fsp3) is 0.0769. The maximum atomic E-state index is 4.49. The molecule has 0 saturated heterocycles. The van der Waals surface area contributed by atoms with Crippen LogP contribution in [0.1, 0.15) is 0 Å². The van der Waals surface area contributed by atoms with Crippen molar-refractivity contribution in [1.29, 1.82) is 0 Å². The van der Waals surface area contributed by atoms with Crippen molar-refractivity contribution in [3.05, 3.63) is 47.5 Å². The highest BCUT2D eigenvalue weighted by Crippen LogP contribution is 2.25. The smallest absolute Gasteiger partial charge is 0.240 e. The highest BCUT2D eigenvalue weighted by atomic mass is 79.9. The Morgan fingerprint density at radius 3 is 2.70 bits per heavy atom. The molecule has 0 radical (unpaired) electrons. The van der Waals surface area contributed by atoms with E-state index in [2.05, 4.69) is 41.2 Å². The van der Waals surface area contributed by atoms with Crippen LogP contribution in [0.2, 0.25) is 0 Å². The third kappa shape index (κ3) is 2.39. The quantitative estimate of drug-likeness (QED) is 0.799. The van der Waals surface area contributed by atoms with Gasteiger partial charge >= 0.3 is 0 Å². The minimum Gasteiger partial charge on any atom is -0.357 e. The van der Waals surface area contributed by atoms with Gasteiger partial charge in [-0.05, 0) is 6.07 Å². The van der Waals surface area contributed by atoms with Crippen LogP contribution in [0, 0.1) is 0 Å². The molecule has 2 aromatic heterocycles. The molecule has 7 heteroatoms. The number of hydrogen-bond donors (Lipinski definition) is 1. The maximum absolute atomic E-state index is 4.49. The molecule has 3 rings (SSSR count). The van der Waals surface area contributed by atoms with E-state index < -0.39 is 0 Å². The van der Waals surface area contributed by atoms with E-state index in [1.54, 1.807) is 30.3 Å². The van der Waals surface area contributed by atoms with Crippen molar-refractivity contribution in [3.63, 3.8) is 0 Å². The zero-order valence-corrected chi connectivity index (χ0v) is 12.2. The minimum atomic E-state index is 0.509. The predicted octanol–water partition coefficient (Wildman–Crippen LogP) is 2.53. The van der Waals surface area contributed by atoms with Crippen LogP contribution in [-0.4, -0.2) is 31.6 Å². The maximum Gasteiger partial charge on any atom is 0.240 e. The molecular formula is C13H11BrN6. The lowest BCUT2D eigenvalue weighted by Crippen LogP contribution is -2.06. The van der Waals surface area contributed by atoms with Crippen molar-refractivity contribution in [2.45, 2.75) is 0 Å². The fourth-order valence-electron chi connectivity index (χ4n) is 1.73. The van der Waals surface area contributed by atoms with E-state index >= 15 is 0 Å². The van der Waals surface area contributed by atoms with Crippen molar-refractivity contribution < 1.29 is 0 Å². The number of anilines is 1. The van der Waals surface area contributed by atoms with E-state index in [1.165, 1.54) is 0 Å². The summed E-state index contributed by atoms with van der Waals surface area (Å²) in [5.74, 6) is 1.63. The number of benzene rings is 1. The van der Waals surface area contributed by atoms with Gasteiger partial charge in [-0.25, -0.2) is 4.98 Å². The molecule has 0 amide bonds. The molecular weight excluding hydrogens is 320 g/mol. The molecule has 20 heavy (non-hydrogen) atoms. The second-order valence-electron chi connectivity index (χ2n) is 3.98. The van der Waals surface area contributed by atoms with Crippen LogP contribution in [0.25, 0.3) is 17.3 Å². The van der Waals surface area contributed by atoms with Gasteiger partial charge in [-0.15, -0.1) is 0 Å². The Morgan fingerprint density at radius 2 is 2.00 bits per heavy atom. The summed E-state index contributed by atoms with van der Waals surface area (Å²) in [7, 11) is 1.77. The van der Waals surface area contributed by atoms with Crippen LogP contribution in [0.15, 0.2) is 47.5 Å². The second kappa shape index (κ2) is 5.38. The molecule has 0 aliphatic rings. The van der Waals surface area contributed by atoms with Crippen molar-refractivity contribution in [1.82, 2.24) is 24.5 Å². The molecule has 0 aliphatic heterocycles. The molecule has 6 nitrogen and oxygen atoms in total. The molecule has 1 aromatic carbocycles. The lowest BCUT2D eigenvalue weighted by atomic mass is 10.2. The molecule has 0 spiro atoms. The SMILES string of the molecule is CNc1nc(-c2ccccc2Br)nc(-n2ccnc2)n1. The number of imidazole rings is 1. The third-order valence-electron chi connectivity index (χ3n) is 2.70. The standard InChI is InChI=1S/C13H11BrN6/c1-15-12-17-11(9-4-2-3-5-10(9)14)18-13(19-12)20-7-6-16-8-20/h2-8H,1H3,(H,15,17,18,19). The van der Waals surface area contributed by atoms with Crippen molar-refractivity contribution in [2.24, 2.45) is 0 Å². The van der Waals surface area contributed by atoms with Crippen molar-refractivity contribution in [3.8, 4) is 17.3 Å². The number of nitrogens with one attached hydrogen (secondary N) is 1. The minimum absolute atomic E-state index is 0.509. The van der Waals surface area contributed by atoms with Gasteiger partial charge in [-0.1, -0.05) is 34.1 Å².